The summed E-state index contributed by atoms with van der Waals surface area (Å²) >= 11 is 0. The van der Waals surface area contributed by atoms with Crippen molar-refractivity contribution in [1.82, 2.24) is 5.32 Å². The minimum absolute atomic E-state index is 0.0326. The lowest BCUT2D eigenvalue weighted by Crippen LogP contribution is -2.27. The van der Waals surface area contributed by atoms with Gasteiger partial charge in [-0.3, -0.25) is 4.79 Å². The molecule has 20 heavy (non-hydrogen) atoms. The van der Waals surface area contributed by atoms with Gasteiger partial charge in [0, 0.05) is 12.2 Å². The van der Waals surface area contributed by atoms with Crippen LogP contribution in [0.4, 0.5) is 5.69 Å². The third-order valence-corrected chi connectivity index (χ3v) is 4.01. The Kier molecular flexibility index (Phi) is 4.10. The first-order chi connectivity index (χ1) is 9.44. The lowest BCUT2D eigenvalue weighted by molar-refractivity contribution is -0.120. The van der Waals surface area contributed by atoms with Gasteiger partial charge >= 0.3 is 0 Å². The van der Waals surface area contributed by atoms with Crippen LogP contribution >= 0.6 is 0 Å². The summed E-state index contributed by atoms with van der Waals surface area (Å²) in [7, 11) is 0. The lowest BCUT2D eigenvalue weighted by Gasteiger charge is -2.17. The van der Waals surface area contributed by atoms with Crippen LogP contribution in [-0.2, 0) is 10.2 Å². The molecule has 106 valence electrons. The second kappa shape index (κ2) is 5.64. The van der Waals surface area contributed by atoms with Gasteiger partial charge in [-0.15, -0.1) is 0 Å². The molecule has 0 aromatic heterocycles. The maximum atomic E-state index is 12.2. The minimum atomic E-state index is -0.508. The Bertz CT molecular complexity index is 528. The van der Waals surface area contributed by atoms with Gasteiger partial charge in [0.15, 0.2) is 0 Å². The molecule has 1 aliphatic rings. The van der Waals surface area contributed by atoms with E-state index in [1.807, 2.05) is 38.1 Å². The van der Waals surface area contributed by atoms with Crippen LogP contribution in [0.5, 0.6) is 0 Å². The van der Waals surface area contributed by atoms with Crippen LogP contribution in [0.2, 0.25) is 0 Å². The second-order valence-electron chi connectivity index (χ2n) is 6.05. The van der Waals surface area contributed by atoms with E-state index in [0.29, 0.717) is 5.92 Å². The van der Waals surface area contributed by atoms with E-state index < -0.39 is 5.41 Å². The third-order valence-electron chi connectivity index (χ3n) is 4.01. The summed E-state index contributed by atoms with van der Waals surface area (Å²) in [4.78, 5) is 12.2. The number of rotatable bonds is 3. The van der Waals surface area contributed by atoms with E-state index in [2.05, 4.69) is 23.6 Å². The van der Waals surface area contributed by atoms with Crippen LogP contribution in [0, 0.1) is 23.2 Å². The third kappa shape index (κ3) is 3.00. The minimum Gasteiger partial charge on any atom is -0.326 e. The van der Waals surface area contributed by atoms with Gasteiger partial charge in [0.25, 0.3) is 0 Å². The summed E-state index contributed by atoms with van der Waals surface area (Å²) in [5.41, 5.74) is 1.23. The molecule has 0 spiro atoms. The van der Waals surface area contributed by atoms with Crippen molar-refractivity contribution in [3.05, 3.63) is 29.8 Å². The molecule has 1 amide bonds. The number of anilines is 1. The molecule has 2 atom stereocenters. The Hall–Kier alpha value is -1.86. The smallest absolute Gasteiger partial charge is 0.229 e. The molecule has 1 heterocycles. The summed E-state index contributed by atoms with van der Waals surface area (Å²) in [6.45, 7) is 7.49. The van der Waals surface area contributed by atoms with E-state index >= 15 is 0 Å². The molecule has 1 fully saturated rings. The number of nitrogens with zero attached hydrogens (tertiary/aromatic N) is 1. The zero-order valence-corrected chi connectivity index (χ0v) is 12.2. The molecule has 4 heteroatoms. The van der Waals surface area contributed by atoms with Crippen molar-refractivity contribution in [2.24, 2.45) is 11.8 Å². The molecule has 1 aromatic carbocycles. The van der Waals surface area contributed by atoms with Gasteiger partial charge in [-0.2, -0.15) is 5.26 Å². The molecular formula is C16H21N3O. The van der Waals surface area contributed by atoms with Crippen LogP contribution in [0.3, 0.4) is 0 Å². The average Bonchev–Trinajstić information content (AvgIpc) is 2.85. The maximum Gasteiger partial charge on any atom is 0.229 e. The van der Waals surface area contributed by atoms with Crippen molar-refractivity contribution in [2.75, 3.05) is 18.4 Å². The number of nitriles is 1. The predicted octanol–water partition coefficient (Wildman–Crippen LogP) is 2.28. The number of hydrogen-bond donors (Lipinski definition) is 2. The molecular weight excluding hydrogens is 250 g/mol. The monoisotopic (exact) mass is 271 g/mol. The van der Waals surface area contributed by atoms with E-state index in [1.165, 1.54) is 0 Å². The lowest BCUT2D eigenvalue weighted by atomic mass is 9.86. The zero-order chi connectivity index (χ0) is 14.8. The topological polar surface area (TPSA) is 64.9 Å². The number of carbonyl (C=O) groups excluding carboxylic acids is 1. The molecule has 1 aromatic rings. The number of benzene rings is 1. The fourth-order valence-electron chi connectivity index (χ4n) is 2.43. The van der Waals surface area contributed by atoms with Crippen molar-refractivity contribution in [2.45, 2.75) is 26.2 Å². The van der Waals surface area contributed by atoms with E-state index in [-0.39, 0.29) is 11.8 Å². The number of hydrogen-bond acceptors (Lipinski definition) is 3. The first-order valence-electron chi connectivity index (χ1n) is 6.97. The Morgan fingerprint density at radius 3 is 2.50 bits per heavy atom. The van der Waals surface area contributed by atoms with Gasteiger partial charge in [-0.1, -0.05) is 19.1 Å². The van der Waals surface area contributed by atoms with Crippen molar-refractivity contribution in [3.63, 3.8) is 0 Å². The van der Waals surface area contributed by atoms with Crippen LogP contribution in [0.1, 0.15) is 26.3 Å². The normalized spacial score (nSPS) is 22.3. The predicted molar refractivity (Wildman–Crippen MR) is 79.2 cm³/mol. The second-order valence-corrected chi connectivity index (χ2v) is 6.05. The van der Waals surface area contributed by atoms with Gasteiger partial charge in [0.2, 0.25) is 5.91 Å². The number of carbonyl (C=O) groups is 1. The van der Waals surface area contributed by atoms with Gasteiger partial charge < -0.3 is 10.6 Å². The Morgan fingerprint density at radius 2 is 2.00 bits per heavy atom. The van der Waals surface area contributed by atoms with Crippen molar-refractivity contribution < 1.29 is 4.79 Å². The zero-order valence-electron chi connectivity index (χ0n) is 12.2. The first-order valence-corrected chi connectivity index (χ1v) is 6.97. The van der Waals surface area contributed by atoms with Crippen LogP contribution in [0.25, 0.3) is 0 Å². The summed E-state index contributed by atoms with van der Waals surface area (Å²) in [6, 6.07) is 9.79. The highest BCUT2D eigenvalue weighted by Gasteiger charge is 2.29. The van der Waals surface area contributed by atoms with Crippen molar-refractivity contribution in [3.8, 4) is 6.07 Å². The molecule has 0 unspecified atom stereocenters. The molecule has 4 nitrogen and oxygen atoms in total. The summed E-state index contributed by atoms with van der Waals surface area (Å²) in [5, 5.41) is 15.3. The fourth-order valence-corrected chi connectivity index (χ4v) is 2.43. The fraction of sp³-hybridized carbons (Fsp3) is 0.500. The van der Waals surface area contributed by atoms with Gasteiger partial charge in [0.1, 0.15) is 0 Å². The summed E-state index contributed by atoms with van der Waals surface area (Å²) in [6.07, 6.45) is 0. The maximum absolute atomic E-state index is 12.2. The van der Waals surface area contributed by atoms with E-state index in [0.717, 1.165) is 24.3 Å². The van der Waals surface area contributed by atoms with Crippen LogP contribution < -0.4 is 10.6 Å². The molecule has 0 bridgehead atoms. The molecule has 0 aliphatic carbocycles. The van der Waals surface area contributed by atoms with E-state index in [9.17, 15) is 4.79 Å². The standard InChI is InChI=1S/C16H21N3O/c1-11-8-18-9-14(11)15(20)19-13-6-4-12(5-7-13)16(2,3)10-17/h4-7,11,14,18H,8-9H2,1-3H3,(H,19,20)/t11-,14-/m1/s1. The average molecular weight is 271 g/mol. The highest BCUT2D eigenvalue weighted by molar-refractivity contribution is 5.93. The van der Waals surface area contributed by atoms with Crippen LogP contribution in [0.15, 0.2) is 24.3 Å². The highest BCUT2D eigenvalue weighted by Crippen LogP contribution is 2.24. The first kappa shape index (κ1) is 14.5. The molecule has 1 saturated heterocycles. The molecule has 2 N–H and O–H groups in total. The molecule has 1 aliphatic heterocycles. The van der Waals surface area contributed by atoms with E-state index in [4.69, 9.17) is 5.26 Å². The van der Waals surface area contributed by atoms with Gasteiger partial charge in [0.05, 0.1) is 17.4 Å². The molecule has 2 rings (SSSR count). The molecule has 0 saturated carbocycles. The largest absolute Gasteiger partial charge is 0.326 e. The Morgan fingerprint density at radius 1 is 1.35 bits per heavy atom. The van der Waals surface area contributed by atoms with Gasteiger partial charge in [-0.25, -0.2) is 0 Å². The summed E-state index contributed by atoms with van der Waals surface area (Å²) < 4.78 is 0. The SMILES string of the molecule is C[C@@H]1CNC[C@H]1C(=O)Nc1ccc(C(C)(C)C#N)cc1. The van der Waals surface area contributed by atoms with Crippen molar-refractivity contribution >= 4 is 11.6 Å². The highest BCUT2D eigenvalue weighted by atomic mass is 16.1. The van der Waals surface area contributed by atoms with Crippen molar-refractivity contribution in [1.29, 1.82) is 5.26 Å². The number of nitrogens with one attached hydrogen (secondary N) is 2. The summed E-state index contributed by atoms with van der Waals surface area (Å²) in [5.74, 6) is 0.465. The van der Waals surface area contributed by atoms with Gasteiger partial charge in [-0.05, 0) is 44.0 Å². The quantitative estimate of drug-likeness (QED) is 0.886. The Labute approximate surface area is 120 Å². The van der Waals surface area contributed by atoms with Crippen LogP contribution in [-0.4, -0.2) is 19.0 Å². The Balaban J connectivity index is 2.04. The van der Waals surface area contributed by atoms with E-state index in [1.54, 1.807) is 0 Å². The number of amides is 1. The molecule has 0 radical (unpaired) electrons.